The molecular weight excluding hydrogens is 235 g/mol. The normalized spacial score (nSPS) is 11.9. The van der Waals surface area contributed by atoms with E-state index in [1.54, 1.807) is 19.1 Å². The molecule has 0 amide bonds. The number of hydrogen-bond acceptors (Lipinski definition) is 3. The first kappa shape index (κ1) is 14.5. The second-order valence-electron chi connectivity index (χ2n) is 4.17. The maximum absolute atomic E-state index is 12.9. The van der Waals surface area contributed by atoms with E-state index in [0.717, 1.165) is 12.8 Å². The third-order valence-electron chi connectivity index (χ3n) is 2.35. The Bertz CT molecular complexity index is 379. The fourth-order valence-corrected chi connectivity index (χ4v) is 1.41. The Balaban J connectivity index is 2.28. The summed E-state index contributed by atoms with van der Waals surface area (Å²) >= 11 is 0. The van der Waals surface area contributed by atoms with Gasteiger partial charge < -0.3 is 9.47 Å². The minimum Gasteiger partial charge on any atom is -0.490 e. The van der Waals surface area contributed by atoms with Crippen molar-refractivity contribution in [2.24, 2.45) is 0 Å². The lowest BCUT2D eigenvalue weighted by atomic mass is 10.2. The largest absolute Gasteiger partial charge is 0.490 e. The van der Waals surface area contributed by atoms with Gasteiger partial charge in [0.15, 0.2) is 0 Å². The van der Waals surface area contributed by atoms with Crippen LogP contribution in [0.25, 0.3) is 0 Å². The van der Waals surface area contributed by atoms with E-state index < -0.39 is 0 Å². The van der Waals surface area contributed by atoms with Gasteiger partial charge in [-0.2, -0.15) is 0 Å². The van der Waals surface area contributed by atoms with Crippen molar-refractivity contribution in [3.8, 4) is 5.75 Å². The summed E-state index contributed by atoms with van der Waals surface area (Å²) in [6.07, 6.45) is 1.89. The van der Waals surface area contributed by atoms with E-state index in [0.29, 0.717) is 12.2 Å². The van der Waals surface area contributed by atoms with Crippen molar-refractivity contribution in [3.05, 3.63) is 30.1 Å². The molecule has 100 valence electrons. The van der Waals surface area contributed by atoms with Crippen LogP contribution in [0, 0.1) is 5.82 Å². The molecule has 1 atom stereocenters. The Morgan fingerprint density at radius 2 is 2.22 bits per heavy atom. The Morgan fingerprint density at radius 3 is 2.89 bits per heavy atom. The number of halogens is 1. The van der Waals surface area contributed by atoms with Crippen LogP contribution < -0.4 is 4.74 Å². The molecule has 0 saturated carbocycles. The van der Waals surface area contributed by atoms with Crippen LogP contribution in [-0.2, 0) is 9.53 Å². The minimum atomic E-state index is -0.347. The van der Waals surface area contributed by atoms with Crippen molar-refractivity contribution >= 4 is 5.97 Å². The topological polar surface area (TPSA) is 35.5 Å². The van der Waals surface area contributed by atoms with Gasteiger partial charge in [-0.3, -0.25) is 4.79 Å². The molecular formula is C14H19FO3. The molecule has 1 unspecified atom stereocenters. The van der Waals surface area contributed by atoms with Crippen LogP contribution in [0.5, 0.6) is 5.75 Å². The van der Waals surface area contributed by atoms with Crippen LogP contribution in [0.2, 0.25) is 0 Å². The van der Waals surface area contributed by atoms with Gasteiger partial charge in [0.25, 0.3) is 0 Å². The fraction of sp³-hybridized carbons (Fsp3) is 0.500. The molecule has 0 radical (unpaired) electrons. The summed E-state index contributed by atoms with van der Waals surface area (Å²) in [5.41, 5.74) is 0. The summed E-state index contributed by atoms with van der Waals surface area (Å²) in [7, 11) is 0. The van der Waals surface area contributed by atoms with Crippen LogP contribution in [0.4, 0.5) is 4.39 Å². The molecule has 0 heterocycles. The van der Waals surface area contributed by atoms with Crippen LogP contribution >= 0.6 is 0 Å². The number of rotatable bonds is 7. The highest BCUT2D eigenvalue weighted by atomic mass is 19.1. The highest BCUT2D eigenvalue weighted by Crippen LogP contribution is 2.12. The summed E-state index contributed by atoms with van der Waals surface area (Å²) in [6, 6.07) is 5.88. The summed E-state index contributed by atoms with van der Waals surface area (Å²) in [6.45, 7) is 3.99. The maximum atomic E-state index is 12.9. The minimum absolute atomic E-state index is 0.216. The Labute approximate surface area is 107 Å². The van der Waals surface area contributed by atoms with Gasteiger partial charge in [0, 0.05) is 12.5 Å². The Morgan fingerprint density at radius 1 is 1.44 bits per heavy atom. The van der Waals surface area contributed by atoms with E-state index in [4.69, 9.17) is 9.47 Å². The highest BCUT2D eigenvalue weighted by Gasteiger charge is 2.09. The highest BCUT2D eigenvalue weighted by molar-refractivity contribution is 5.69. The van der Waals surface area contributed by atoms with Crippen LogP contribution in [-0.4, -0.2) is 18.7 Å². The summed E-state index contributed by atoms with van der Waals surface area (Å²) < 4.78 is 23.4. The van der Waals surface area contributed by atoms with E-state index >= 15 is 0 Å². The summed E-state index contributed by atoms with van der Waals surface area (Å²) in [4.78, 5) is 11.3. The van der Waals surface area contributed by atoms with Gasteiger partial charge in [-0.05, 0) is 25.5 Å². The molecule has 4 heteroatoms. The first-order chi connectivity index (χ1) is 8.61. The summed E-state index contributed by atoms with van der Waals surface area (Å²) in [5, 5.41) is 0. The lowest BCUT2D eigenvalue weighted by Gasteiger charge is -2.14. The zero-order valence-electron chi connectivity index (χ0n) is 10.8. The summed E-state index contributed by atoms with van der Waals surface area (Å²) in [5.74, 6) is -0.126. The average Bonchev–Trinajstić information content (AvgIpc) is 2.34. The molecule has 0 aliphatic rings. The van der Waals surface area contributed by atoms with Crippen LogP contribution in [0.15, 0.2) is 24.3 Å². The number of esters is 1. The number of benzene rings is 1. The first-order valence-corrected chi connectivity index (χ1v) is 6.19. The zero-order valence-corrected chi connectivity index (χ0v) is 10.8. The number of unbranched alkanes of at least 4 members (excludes halogenated alkanes) is 1. The molecule has 0 N–H and O–H groups in total. The van der Waals surface area contributed by atoms with E-state index in [-0.39, 0.29) is 24.5 Å². The maximum Gasteiger partial charge on any atom is 0.306 e. The molecule has 1 aromatic carbocycles. The molecule has 0 bridgehead atoms. The molecule has 1 rings (SSSR count). The van der Waals surface area contributed by atoms with Crippen molar-refractivity contribution in [2.45, 2.75) is 39.2 Å². The van der Waals surface area contributed by atoms with E-state index in [9.17, 15) is 9.18 Å². The van der Waals surface area contributed by atoms with Gasteiger partial charge in [0.05, 0.1) is 0 Å². The number of carbonyl (C=O) groups excluding carboxylic acids is 1. The van der Waals surface area contributed by atoms with Gasteiger partial charge in [-0.25, -0.2) is 4.39 Å². The van der Waals surface area contributed by atoms with Crippen LogP contribution in [0.1, 0.15) is 33.1 Å². The van der Waals surface area contributed by atoms with E-state index in [2.05, 4.69) is 0 Å². The average molecular weight is 254 g/mol. The zero-order chi connectivity index (χ0) is 13.4. The predicted molar refractivity (Wildman–Crippen MR) is 67.0 cm³/mol. The molecule has 0 aliphatic carbocycles. The van der Waals surface area contributed by atoms with Crippen molar-refractivity contribution in [2.75, 3.05) is 6.61 Å². The molecule has 0 spiro atoms. The van der Waals surface area contributed by atoms with Crippen molar-refractivity contribution in [1.82, 2.24) is 0 Å². The lowest BCUT2D eigenvalue weighted by Crippen LogP contribution is -2.21. The number of carbonyl (C=O) groups is 1. The van der Waals surface area contributed by atoms with Crippen LogP contribution in [0.3, 0.4) is 0 Å². The molecule has 0 saturated heterocycles. The third kappa shape index (κ3) is 5.66. The molecule has 0 fully saturated rings. The van der Waals surface area contributed by atoms with Crippen molar-refractivity contribution < 1.29 is 18.7 Å². The second kappa shape index (κ2) is 7.69. The van der Waals surface area contributed by atoms with Gasteiger partial charge in [0.2, 0.25) is 0 Å². The van der Waals surface area contributed by atoms with Gasteiger partial charge in [-0.1, -0.05) is 19.4 Å². The quantitative estimate of drug-likeness (QED) is 0.700. The number of ether oxygens (including phenoxy) is 2. The molecule has 0 aromatic heterocycles. The molecule has 0 aliphatic heterocycles. The Hall–Kier alpha value is -1.58. The van der Waals surface area contributed by atoms with Gasteiger partial charge in [-0.15, -0.1) is 0 Å². The predicted octanol–water partition coefficient (Wildman–Crippen LogP) is 3.33. The molecule has 18 heavy (non-hydrogen) atoms. The number of hydrogen-bond donors (Lipinski definition) is 0. The van der Waals surface area contributed by atoms with E-state index in [1.165, 1.54) is 12.1 Å². The molecule has 1 aromatic rings. The first-order valence-electron chi connectivity index (χ1n) is 6.19. The SMILES string of the molecule is CCCCC(=O)OC(C)COc1cccc(F)c1. The monoisotopic (exact) mass is 254 g/mol. The standard InChI is InChI=1S/C14H19FO3/c1-3-4-8-14(16)18-11(2)10-17-13-7-5-6-12(15)9-13/h5-7,9,11H,3-4,8,10H2,1-2H3. The lowest BCUT2D eigenvalue weighted by molar-refractivity contribution is -0.149. The molecule has 3 nitrogen and oxygen atoms in total. The Kier molecular flexibility index (Phi) is 6.19. The second-order valence-corrected chi connectivity index (χ2v) is 4.17. The van der Waals surface area contributed by atoms with Gasteiger partial charge >= 0.3 is 5.97 Å². The van der Waals surface area contributed by atoms with E-state index in [1.807, 2.05) is 6.92 Å². The van der Waals surface area contributed by atoms with Crippen molar-refractivity contribution in [1.29, 1.82) is 0 Å². The smallest absolute Gasteiger partial charge is 0.306 e. The van der Waals surface area contributed by atoms with Crippen molar-refractivity contribution in [3.63, 3.8) is 0 Å². The van der Waals surface area contributed by atoms with Gasteiger partial charge in [0.1, 0.15) is 24.3 Å². The third-order valence-corrected chi connectivity index (χ3v) is 2.35. The fourth-order valence-electron chi connectivity index (χ4n) is 1.41.